The van der Waals surface area contributed by atoms with Gasteiger partial charge in [0, 0.05) is 25.5 Å². The van der Waals surface area contributed by atoms with Crippen LogP contribution in [0.25, 0.3) is 11.1 Å². The normalized spacial score (nSPS) is 18.3. The summed E-state index contributed by atoms with van der Waals surface area (Å²) in [7, 11) is -1.12. The summed E-state index contributed by atoms with van der Waals surface area (Å²) in [5, 5.41) is 0. The SMILES string of the molecule is Cc1cnc(N2CCC(COc3ccc(-c4ccc5c(c4)OC[S@]5=O)cc3F)CC2)nc1. The molecule has 0 saturated carbocycles. The molecule has 0 N–H and O–H groups in total. The van der Waals surface area contributed by atoms with E-state index < -0.39 is 16.6 Å². The van der Waals surface area contributed by atoms with Crippen LogP contribution in [0.2, 0.25) is 0 Å². The van der Waals surface area contributed by atoms with Crippen molar-refractivity contribution in [2.45, 2.75) is 24.7 Å². The molecule has 0 amide bonds. The number of nitrogens with zero attached hydrogens (tertiary/aromatic N) is 3. The fourth-order valence-corrected chi connectivity index (χ4v) is 4.95. The summed E-state index contributed by atoms with van der Waals surface area (Å²) in [5.41, 5.74) is 2.59. The van der Waals surface area contributed by atoms with Crippen LogP contribution >= 0.6 is 0 Å². The van der Waals surface area contributed by atoms with Gasteiger partial charge in [-0.3, -0.25) is 4.21 Å². The van der Waals surface area contributed by atoms with Crippen molar-refractivity contribution in [3.05, 3.63) is 60.2 Å². The van der Waals surface area contributed by atoms with Gasteiger partial charge in [0.25, 0.3) is 0 Å². The van der Waals surface area contributed by atoms with Gasteiger partial charge in [-0.15, -0.1) is 0 Å². The van der Waals surface area contributed by atoms with Crippen LogP contribution in [0.5, 0.6) is 11.5 Å². The zero-order chi connectivity index (χ0) is 22.1. The average Bonchev–Trinajstić information content (AvgIpc) is 3.19. The second-order valence-electron chi connectivity index (χ2n) is 8.22. The van der Waals surface area contributed by atoms with Gasteiger partial charge in [-0.25, -0.2) is 14.4 Å². The van der Waals surface area contributed by atoms with Gasteiger partial charge in [0.1, 0.15) is 5.75 Å². The van der Waals surface area contributed by atoms with Crippen molar-refractivity contribution in [1.82, 2.24) is 9.97 Å². The lowest BCUT2D eigenvalue weighted by atomic mass is 9.98. The molecule has 1 atom stereocenters. The molecule has 1 aromatic heterocycles. The third kappa shape index (κ3) is 4.32. The van der Waals surface area contributed by atoms with Crippen molar-refractivity contribution in [3.63, 3.8) is 0 Å². The molecular formula is C24H24FN3O3S. The Balaban J connectivity index is 1.18. The van der Waals surface area contributed by atoms with E-state index in [0.29, 0.717) is 23.2 Å². The largest absolute Gasteiger partial charge is 0.490 e. The molecule has 1 saturated heterocycles. The Bertz CT molecular complexity index is 1150. The standard InChI is InChI=1S/C24H24FN3O3S/c1-16-12-26-24(27-13-16)28-8-6-17(7-9-28)14-30-21-4-2-18(10-20(21)25)19-3-5-23-22(11-19)31-15-32(23)29/h2-5,10-13,17H,6-9,14-15H2,1H3/t32-/m1/s1. The lowest BCUT2D eigenvalue weighted by molar-refractivity contribution is 0.215. The maximum Gasteiger partial charge on any atom is 0.225 e. The molecule has 166 valence electrons. The number of fused-ring (bicyclic) bond motifs is 1. The van der Waals surface area contributed by atoms with Crippen molar-refractivity contribution < 1.29 is 18.1 Å². The van der Waals surface area contributed by atoms with E-state index in [1.807, 2.05) is 31.5 Å². The summed E-state index contributed by atoms with van der Waals surface area (Å²) in [4.78, 5) is 11.7. The molecule has 3 heterocycles. The number of hydrogen-bond donors (Lipinski definition) is 0. The second kappa shape index (κ2) is 8.86. The van der Waals surface area contributed by atoms with Gasteiger partial charge in [-0.2, -0.15) is 0 Å². The highest BCUT2D eigenvalue weighted by Gasteiger charge is 2.23. The van der Waals surface area contributed by atoms with Crippen molar-refractivity contribution in [2.24, 2.45) is 5.92 Å². The minimum Gasteiger partial charge on any atom is -0.490 e. The Morgan fingerprint density at radius 1 is 1.12 bits per heavy atom. The summed E-state index contributed by atoms with van der Waals surface area (Å²) in [6.07, 6.45) is 5.57. The second-order valence-corrected chi connectivity index (χ2v) is 9.58. The van der Waals surface area contributed by atoms with Crippen molar-refractivity contribution in [2.75, 3.05) is 30.5 Å². The fourth-order valence-electron chi connectivity index (χ4n) is 4.02. The first kappa shape index (κ1) is 20.9. The van der Waals surface area contributed by atoms with Crippen LogP contribution in [0.3, 0.4) is 0 Å². The van der Waals surface area contributed by atoms with E-state index in [9.17, 15) is 8.60 Å². The fraction of sp³-hybridized carbons (Fsp3) is 0.333. The first-order valence-electron chi connectivity index (χ1n) is 10.7. The number of aromatic nitrogens is 2. The molecule has 8 heteroatoms. The Morgan fingerprint density at radius 2 is 1.84 bits per heavy atom. The highest BCUT2D eigenvalue weighted by molar-refractivity contribution is 7.85. The number of anilines is 1. The van der Waals surface area contributed by atoms with Gasteiger partial charge in [0.05, 0.1) is 22.3 Å². The van der Waals surface area contributed by atoms with Gasteiger partial charge in [-0.1, -0.05) is 12.1 Å². The zero-order valence-electron chi connectivity index (χ0n) is 17.8. The molecule has 32 heavy (non-hydrogen) atoms. The van der Waals surface area contributed by atoms with Crippen LogP contribution in [0.1, 0.15) is 18.4 Å². The number of aryl methyl sites for hydroxylation is 1. The van der Waals surface area contributed by atoms with Crippen LogP contribution in [0.4, 0.5) is 10.3 Å². The van der Waals surface area contributed by atoms with Gasteiger partial charge in [0.15, 0.2) is 17.5 Å². The topological polar surface area (TPSA) is 64.6 Å². The van der Waals surface area contributed by atoms with E-state index in [1.165, 1.54) is 6.07 Å². The number of piperidine rings is 1. The Hall–Kier alpha value is -3.00. The van der Waals surface area contributed by atoms with E-state index >= 15 is 0 Å². The van der Waals surface area contributed by atoms with E-state index in [-0.39, 0.29) is 11.7 Å². The van der Waals surface area contributed by atoms with E-state index in [0.717, 1.165) is 48.6 Å². The third-order valence-electron chi connectivity index (χ3n) is 5.91. The summed E-state index contributed by atoms with van der Waals surface area (Å²) >= 11 is 0. The lowest BCUT2D eigenvalue weighted by Gasteiger charge is -2.31. The average molecular weight is 454 g/mol. The molecule has 0 unspecified atom stereocenters. The number of benzene rings is 2. The molecule has 1 fully saturated rings. The summed E-state index contributed by atoms with van der Waals surface area (Å²) < 4.78 is 37.8. The van der Waals surface area contributed by atoms with E-state index in [4.69, 9.17) is 9.47 Å². The third-order valence-corrected chi connectivity index (χ3v) is 7.07. The first-order valence-corrected chi connectivity index (χ1v) is 12.0. The molecule has 0 spiro atoms. The monoisotopic (exact) mass is 453 g/mol. The van der Waals surface area contributed by atoms with Gasteiger partial charge < -0.3 is 14.4 Å². The zero-order valence-corrected chi connectivity index (χ0v) is 18.6. The maximum absolute atomic E-state index is 14.7. The summed E-state index contributed by atoms with van der Waals surface area (Å²) in [6, 6.07) is 10.4. The van der Waals surface area contributed by atoms with Crippen molar-refractivity contribution in [1.29, 1.82) is 0 Å². The maximum atomic E-state index is 14.7. The van der Waals surface area contributed by atoms with Crippen LogP contribution in [0, 0.1) is 18.7 Å². The molecule has 3 aromatic rings. The molecular weight excluding hydrogens is 429 g/mol. The predicted molar refractivity (Wildman–Crippen MR) is 121 cm³/mol. The van der Waals surface area contributed by atoms with E-state index in [1.54, 1.807) is 18.2 Å². The number of rotatable bonds is 5. The molecule has 2 aliphatic rings. The molecule has 5 rings (SSSR count). The molecule has 0 aliphatic carbocycles. The molecule has 0 bridgehead atoms. The minimum atomic E-state index is -1.12. The van der Waals surface area contributed by atoms with Crippen LogP contribution in [-0.2, 0) is 10.8 Å². The van der Waals surface area contributed by atoms with Gasteiger partial charge in [-0.05, 0) is 66.6 Å². The highest BCUT2D eigenvalue weighted by Crippen LogP contribution is 2.34. The Kier molecular flexibility index (Phi) is 5.78. The smallest absolute Gasteiger partial charge is 0.225 e. The minimum absolute atomic E-state index is 0.177. The van der Waals surface area contributed by atoms with Crippen LogP contribution in [0.15, 0.2) is 53.7 Å². The number of hydrogen-bond acceptors (Lipinski definition) is 6. The van der Waals surface area contributed by atoms with Crippen molar-refractivity contribution in [3.8, 4) is 22.6 Å². The van der Waals surface area contributed by atoms with Crippen molar-refractivity contribution >= 4 is 16.7 Å². The number of halogens is 1. The Labute approximate surface area is 188 Å². The van der Waals surface area contributed by atoms with Gasteiger partial charge >= 0.3 is 0 Å². The lowest BCUT2D eigenvalue weighted by Crippen LogP contribution is -2.36. The molecule has 6 nitrogen and oxygen atoms in total. The number of ether oxygens (including phenoxy) is 2. The molecule has 2 aromatic carbocycles. The predicted octanol–water partition coefficient (Wildman–Crippen LogP) is 4.34. The van der Waals surface area contributed by atoms with Crippen LogP contribution in [-0.4, -0.2) is 39.8 Å². The summed E-state index contributed by atoms with van der Waals surface area (Å²) in [5.74, 6) is 1.78. The molecule has 2 aliphatic heterocycles. The highest BCUT2D eigenvalue weighted by atomic mass is 32.2. The first-order chi connectivity index (χ1) is 15.6. The van der Waals surface area contributed by atoms with Gasteiger partial charge in [0.2, 0.25) is 5.95 Å². The summed E-state index contributed by atoms with van der Waals surface area (Å²) in [6.45, 7) is 4.19. The van der Waals surface area contributed by atoms with E-state index in [2.05, 4.69) is 14.9 Å². The Morgan fingerprint density at radius 3 is 2.59 bits per heavy atom. The quantitative estimate of drug-likeness (QED) is 0.573. The molecule has 0 radical (unpaired) electrons. The van der Waals surface area contributed by atoms with Crippen LogP contribution < -0.4 is 14.4 Å².